The highest BCUT2D eigenvalue weighted by Gasteiger charge is 2.34. The maximum absolute atomic E-state index is 13.0. The third kappa shape index (κ3) is 5.04. The molecule has 8 heteroatoms. The molecule has 1 amide bonds. The molecular weight excluding hydrogens is 378 g/mol. The fourth-order valence-corrected chi connectivity index (χ4v) is 5.39. The Kier molecular flexibility index (Phi) is 6.95. The van der Waals surface area contributed by atoms with Gasteiger partial charge in [0.2, 0.25) is 15.9 Å². The van der Waals surface area contributed by atoms with Gasteiger partial charge in [0, 0.05) is 19.1 Å². The van der Waals surface area contributed by atoms with Gasteiger partial charge < -0.3 is 15.0 Å². The van der Waals surface area contributed by atoms with Crippen LogP contribution < -0.4 is 10.1 Å². The van der Waals surface area contributed by atoms with Crippen molar-refractivity contribution in [2.75, 3.05) is 39.8 Å². The second kappa shape index (κ2) is 9.24. The van der Waals surface area contributed by atoms with Crippen LogP contribution >= 0.6 is 0 Å². The SMILES string of the molecule is CCOc1ccc(S(=O)(=O)N2CCC[C@H](C(=O)NC3CCN(C)CC3)C2)cc1. The zero-order chi connectivity index (χ0) is 20.1. The Morgan fingerprint density at radius 2 is 1.82 bits per heavy atom. The number of ether oxygens (including phenoxy) is 1. The summed E-state index contributed by atoms with van der Waals surface area (Å²) in [7, 11) is -1.52. The standard InChI is InChI=1S/C20H31N3O4S/c1-3-27-18-6-8-19(9-7-18)28(25,26)23-12-4-5-16(15-23)20(24)21-17-10-13-22(2)14-11-17/h6-9,16-17H,3-5,10-15H2,1-2H3,(H,21,24)/t16-/m0/s1. The normalized spacial score (nSPS) is 22.7. The fraction of sp³-hybridized carbons (Fsp3) is 0.650. The number of piperidine rings is 2. The van der Waals surface area contributed by atoms with Gasteiger partial charge in [-0.2, -0.15) is 4.31 Å². The molecule has 28 heavy (non-hydrogen) atoms. The lowest BCUT2D eigenvalue weighted by Gasteiger charge is -2.34. The summed E-state index contributed by atoms with van der Waals surface area (Å²) in [5, 5.41) is 3.14. The molecule has 2 aliphatic heterocycles. The molecule has 2 saturated heterocycles. The number of amides is 1. The Bertz CT molecular complexity index is 758. The van der Waals surface area contributed by atoms with Crippen molar-refractivity contribution in [2.24, 2.45) is 5.92 Å². The first kappa shape index (κ1) is 21.1. The van der Waals surface area contributed by atoms with Crippen LogP contribution in [0.1, 0.15) is 32.6 Å². The van der Waals surface area contributed by atoms with E-state index in [0.717, 1.165) is 32.4 Å². The zero-order valence-corrected chi connectivity index (χ0v) is 17.6. The highest BCUT2D eigenvalue weighted by atomic mass is 32.2. The smallest absolute Gasteiger partial charge is 0.243 e. The van der Waals surface area contributed by atoms with Gasteiger partial charge in [-0.1, -0.05) is 0 Å². The van der Waals surface area contributed by atoms with Gasteiger partial charge in [0.15, 0.2) is 0 Å². The topological polar surface area (TPSA) is 79.0 Å². The van der Waals surface area contributed by atoms with Crippen molar-refractivity contribution in [3.05, 3.63) is 24.3 Å². The molecule has 1 aromatic rings. The number of likely N-dealkylation sites (tertiary alicyclic amines) is 1. The van der Waals surface area contributed by atoms with E-state index in [9.17, 15) is 13.2 Å². The van der Waals surface area contributed by atoms with Crippen LogP contribution in [0.5, 0.6) is 5.75 Å². The molecule has 7 nitrogen and oxygen atoms in total. The minimum absolute atomic E-state index is 0.0128. The Balaban J connectivity index is 1.62. The van der Waals surface area contributed by atoms with Crippen LogP contribution in [0.2, 0.25) is 0 Å². The highest BCUT2D eigenvalue weighted by molar-refractivity contribution is 7.89. The third-order valence-corrected chi connectivity index (χ3v) is 7.47. The molecule has 0 radical (unpaired) electrons. The first-order valence-corrected chi connectivity index (χ1v) is 11.6. The van der Waals surface area contributed by atoms with E-state index in [4.69, 9.17) is 4.74 Å². The predicted molar refractivity (Wildman–Crippen MR) is 108 cm³/mol. The maximum atomic E-state index is 13.0. The fourth-order valence-electron chi connectivity index (χ4n) is 3.87. The van der Waals surface area contributed by atoms with Crippen molar-refractivity contribution in [3.8, 4) is 5.75 Å². The van der Waals surface area contributed by atoms with Gasteiger partial charge in [-0.25, -0.2) is 8.42 Å². The lowest BCUT2D eigenvalue weighted by Crippen LogP contribution is -2.49. The highest BCUT2D eigenvalue weighted by Crippen LogP contribution is 2.25. The molecule has 0 aliphatic carbocycles. The van der Waals surface area contributed by atoms with Crippen molar-refractivity contribution in [2.45, 2.75) is 43.5 Å². The van der Waals surface area contributed by atoms with Gasteiger partial charge in [0.05, 0.1) is 17.4 Å². The molecule has 2 heterocycles. The number of sulfonamides is 1. The largest absolute Gasteiger partial charge is 0.494 e. The van der Waals surface area contributed by atoms with Crippen LogP contribution in [-0.2, 0) is 14.8 Å². The molecule has 0 bridgehead atoms. The second-order valence-corrected chi connectivity index (χ2v) is 9.63. The molecule has 1 N–H and O–H groups in total. The van der Waals surface area contributed by atoms with Gasteiger partial charge >= 0.3 is 0 Å². The molecule has 156 valence electrons. The number of hydrogen-bond donors (Lipinski definition) is 1. The molecule has 1 atom stereocenters. The zero-order valence-electron chi connectivity index (χ0n) is 16.8. The maximum Gasteiger partial charge on any atom is 0.243 e. The Morgan fingerprint density at radius 1 is 1.14 bits per heavy atom. The van der Waals surface area contributed by atoms with E-state index in [1.54, 1.807) is 24.3 Å². The number of rotatable bonds is 6. The summed E-state index contributed by atoms with van der Waals surface area (Å²) in [6.07, 6.45) is 3.32. The van der Waals surface area contributed by atoms with Gasteiger partial charge in [-0.05, 0) is 77.0 Å². The van der Waals surface area contributed by atoms with Crippen LogP contribution in [0, 0.1) is 5.92 Å². The number of nitrogens with one attached hydrogen (secondary N) is 1. The molecule has 2 fully saturated rings. The molecule has 0 saturated carbocycles. The Hall–Kier alpha value is -1.64. The Morgan fingerprint density at radius 3 is 2.46 bits per heavy atom. The second-order valence-electron chi connectivity index (χ2n) is 7.69. The number of benzene rings is 1. The summed E-state index contributed by atoms with van der Waals surface area (Å²) < 4.78 is 32.8. The van der Waals surface area contributed by atoms with Crippen molar-refractivity contribution >= 4 is 15.9 Å². The first-order valence-electron chi connectivity index (χ1n) is 10.1. The minimum atomic E-state index is -3.61. The summed E-state index contributed by atoms with van der Waals surface area (Å²) in [6.45, 7) is 5.07. The van der Waals surface area contributed by atoms with Crippen molar-refractivity contribution in [3.63, 3.8) is 0 Å². The summed E-state index contributed by atoms with van der Waals surface area (Å²) in [4.78, 5) is 15.2. The van der Waals surface area contributed by atoms with E-state index in [-0.39, 0.29) is 29.3 Å². The van der Waals surface area contributed by atoms with E-state index in [1.165, 1.54) is 4.31 Å². The predicted octanol–water partition coefficient (Wildman–Crippen LogP) is 1.70. The summed E-state index contributed by atoms with van der Waals surface area (Å²) in [5.41, 5.74) is 0. The van der Waals surface area contributed by atoms with Crippen molar-refractivity contribution in [1.29, 1.82) is 0 Å². The molecule has 0 unspecified atom stereocenters. The van der Waals surface area contributed by atoms with Crippen LogP contribution in [0.15, 0.2) is 29.2 Å². The lowest BCUT2D eigenvalue weighted by atomic mass is 9.97. The van der Waals surface area contributed by atoms with Gasteiger partial charge in [-0.15, -0.1) is 0 Å². The average molecular weight is 410 g/mol. The molecule has 0 aromatic heterocycles. The van der Waals surface area contributed by atoms with Gasteiger partial charge in [-0.3, -0.25) is 4.79 Å². The first-order chi connectivity index (χ1) is 13.4. The van der Waals surface area contributed by atoms with Crippen LogP contribution in [0.25, 0.3) is 0 Å². The number of carbonyl (C=O) groups is 1. The number of nitrogens with zero attached hydrogens (tertiary/aromatic N) is 2. The van der Waals surface area contributed by atoms with Crippen molar-refractivity contribution < 1.29 is 17.9 Å². The van der Waals surface area contributed by atoms with Gasteiger partial charge in [0.25, 0.3) is 0 Å². The monoisotopic (exact) mass is 409 g/mol. The summed E-state index contributed by atoms with van der Waals surface area (Å²) >= 11 is 0. The van der Waals surface area contributed by atoms with Gasteiger partial charge in [0.1, 0.15) is 5.75 Å². The average Bonchev–Trinajstić information content (AvgIpc) is 2.70. The van der Waals surface area contributed by atoms with Crippen LogP contribution in [0.3, 0.4) is 0 Å². The van der Waals surface area contributed by atoms with E-state index in [2.05, 4.69) is 17.3 Å². The lowest BCUT2D eigenvalue weighted by molar-refractivity contribution is -0.127. The van der Waals surface area contributed by atoms with Crippen molar-refractivity contribution in [1.82, 2.24) is 14.5 Å². The Labute approximate surface area is 168 Å². The summed E-state index contributed by atoms with van der Waals surface area (Å²) in [6, 6.07) is 6.68. The van der Waals surface area contributed by atoms with Crippen LogP contribution in [0.4, 0.5) is 0 Å². The molecule has 1 aromatic carbocycles. The third-order valence-electron chi connectivity index (χ3n) is 5.59. The molecule has 2 aliphatic rings. The molecule has 0 spiro atoms. The van der Waals surface area contributed by atoms with Crippen LogP contribution in [-0.4, -0.2) is 69.4 Å². The van der Waals surface area contributed by atoms with E-state index >= 15 is 0 Å². The molecular formula is C20H31N3O4S. The van der Waals surface area contributed by atoms with E-state index in [0.29, 0.717) is 25.3 Å². The van der Waals surface area contributed by atoms with E-state index < -0.39 is 10.0 Å². The minimum Gasteiger partial charge on any atom is -0.494 e. The number of carbonyl (C=O) groups excluding carboxylic acids is 1. The quantitative estimate of drug-likeness (QED) is 0.774. The summed E-state index contributed by atoms with van der Waals surface area (Å²) in [5.74, 6) is 0.350. The van der Waals surface area contributed by atoms with E-state index in [1.807, 2.05) is 6.92 Å². The molecule has 3 rings (SSSR count). The number of hydrogen-bond acceptors (Lipinski definition) is 5.